The molecule has 0 saturated heterocycles. The number of nitrogens with two attached hydrogens (primary N) is 1. The van der Waals surface area contributed by atoms with Gasteiger partial charge in [-0.2, -0.15) is 13.2 Å². The summed E-state index contributed by atoms with van der Waals surface area (Å²) in [5.41, 5.74) is 5.92. The molecule has 1 aromatic carbocycles. The van der Waals surface area contributed by atoms with Crippen molar-refractivity contribution in [2.45, 2.75) is 45.4 Å². The number of anilines is 2. The van der Waals surface area contributed by atoms with Crippen LogP contribution >= 0.6 is 11.8 Å². The molecule has 2 aromatic rings. The zero-order valence-corrected chi connectivity index (χ0v) is 20.4. The Kier molecular flexibility index (Phi) is 9.34. The maximum Gasteiger partial charge on any atom is 0.433 e. The molecule has 4 N–H and O–H groups in total. The number of aliphatic hydroxyl groups is 1. The first kappa shape index (κ1) is 27.5. The molecule has 1 heterocycles. The standard InChI is InChI=1S/C23H30F3N5O2S/c1-5-22(33,7-9-31(4)16(3)32)14-34-19(13-27)17-10-15(2)11-18(12-17)29-21-28-8-6-20(30-21)23(24,25)26/h6,8,10-13,33H,5,7,9,14,27H2,1-4H3,(H,28,29,30)/b19-13-. The molecule has 11 heteroatoms. The number of nitrogens with zero attached hydrogens (tertiary/aromatic N) is 3. The van der Waals surface area contributed by atoms with Gasteiger partial charge in [0.1, 0.15) is 5.69 Å². The Morgan fingerprint density at radius 2 is 2.03 bits per heavy atom. The summed E-state index contributed by atoms with van der Waals surface area (Å²) in [6, 6.07) is 6.18. The van der Waals surface area contributed by atoms with Crippen molar-refractivity contribution in [1.82, 2.24) is 14.9 Å². The zero-order chi connectivity index (χ0) is 25.5. The van der Waals surface area contributed by atoms with Crippen molar-refractivity contribution in [3.63, 3.8) is 0 Å². The number of carbonyl (C=O) groups excluding carboxylic acids is 1. The molecule has 0 fully saturated rings. The third kappa shape index (κ3) is 7.91. The Morgan fingerprint density at radius 1 is 1.32 bits per heavy atom. The Hall–Kier alpha value is -2.79. The van der Waals surface area contributed by atoms with Gasteiger partial charge in [-0.25, -0.2) is 9.97 Å². The molecule has 0 bridgehead atoms. The van der Waals surface area contributed by atoms with Crippen LogP contribution in [0, 0.1) is 6.92 Å². The molecule has 1 atom stereocenters. The summed E-state index contributed by atoms with van der Waals surface area (Å²) in [5.74, 6) is 0.108. The second-order valence-electron chi connectivity index (χ2n) is 8.06. The molecule has 1 aromatic heterocycles. The van der Waals surface area contributed by atoms with Gasteiger partial charge >= 0.3 is 6.18 Å². The fraction of sp³-hybridized carbons (Fsp3) is 0.435. The maximum absolute atomic E-state index is 13.0. The third-order valence-corrected chi connectivity index (χ3v) is 6.68. The fourth-order valence-electron chi connectivity index (χ4n) is 3.03. The van der Waals surface area contributed by atoms with Gasteiger partial charge in [-0.3, -0.25) is 4.79 Å². The summed E-state index contributed by atoms with van der Waals surface area (Å²) in [5, 5.41) is 13.8. The topological polar surface area (TPSA) is 104 Å². The van der Waals surface area contributed by atoms with Gasteiger partial charge in [0.15, 0.2) is 0 Å². The molecule has 0 saturated carbocycles. The largest absolute Gasteiger partial charge is 0.433 e. The second-order valence-corrected chi connectivity index (χ2v) is 9.08. The van der Waals surface area contributed by atoms with Crippen LogP contribution in [0.5, 0.6) is 0 Å². The van der Waals surface area contributed by atoms with Crippen LogP contribution in [-0.2, 0) is 11.0 Å². The fourth-order valence-corrected chi connectivity index (χ4v) is 4.18. The molecule has 186 valence electrons. The van der Waals surface area contributed by atoms with Crippen molar-refractivity contribution in [3.05, 3.63) is 53.5 Å². The SMILES string of the molecule is CCC(O)(CCN(C)C(C)=O)CS/C(=C\N)c1cc(C)cc(Nc2nccc(C(F)(F)F)n2)c1. The molecular formula is C23H30F3N5O2S. The van der Waals surface area contributed by atoms with E-state index in [9.17, 15) is 23.1 Å². The number of carbonyl (C=O) groups is 1. The first-order valence-corrected chi connectivity index (χ1v) is 11.6. The van der Waals surface area contributed by atoms with Crippen molar-refractivity contribution in [1.29, 1.82) is 0 Å². The monoisotopic (exact) mass is 497 g/mol. The molecule has 2 rings (SSSR count). The summed E-state index contributed by atoms with van der Waals surface area (Å²) < 4.78 is 38.9. The van der Waals surface area contributed by atoms with E-state index >= 15 is 0 Å². The van der Waals surface area contributed by atoms with Crippen LogP contribution in [0.4, 0.5) is 24.8 Å². The van der Waals surface area contributed by atoms with Crippen molar-refractivity contribution in [2.24, 2.45) is 5.73 Å². The number of halogens is 3. The van der Waals surface area contributed by atoms with E-state index in [0.717, 1.165) is 23.4 Å². The Morgan fingerprint density at radius 3 is 2.62 bits per heavy atom. The number of hydrogen-bond acceptors (Lipinski definition) is 7. The van der Waals surface area contributed by atoms with E-state index in [-0.39, 0.29) is 11.9 Å². The van der Waals surface area contributed by atoms with Gasteiger partial charge in [0.2, 0.25) is 11.9 Å². The molecule has 0 aliphatic heterocycles. The first-order chi connectivity index (χ1) is 15.9. The van der Waals surface area contributed by atoms with Crippen molar-refractivity contribution in [2.75, 3.05) is 24.7 Å². The second kappa shape index (κ2) is 11.6. The van der Waals surface area contributed by atoms with Gasteiger partial charge in [0.25, 0.3) is 0 Å². The molecule has 0 aliphatic rings. The molecule has 0 radical (unpaired) electrons. The van der Waals surface area contributed by atoms with Crippen LogP contribution in [0.1, 0.15) is 43.5 Å². The van der Waals surface area contributed by atoms with Gasteiger partial charge in [-0.15, -0.1) is 11.8 Å². The normalized spacial score (nSPS) is 13.9. The van der Waals surface area contributed by atoms with Crippen molar-refractivity contribution < 1.29 is 23.1 Å². The molecule has 0 spiro atoms. The van der Waals surface area contributed by atoms with Gasteiger partial charge in [-0.05, 0) is 49.1 Å². The minimum absolute atomic E-state index is 0.0711. The van der Waals surface area contributed by atoms with Crippen LogP contribution in [0.25, 0.3) is 4.91 Å². The number of hydrogen-bond donors (Lipinski definition) is 3. The number of alkyl halides is 3. The quantitative estimate of drug-likeness (QED) is 0.442. The summed E-state index contributed by atoms with van der Waals surface area (Å²) in [6.07, 6.45) is -1.18. The number of nitrogens with one attached hydrogen (secondary N) is 1. The Bertz CT molecular complexity index is 1030. The smallest absolute Gasteiger partial charge is 0.404 e. The number of benzene rings is 1. The lowest BCUT2D eigenvalue weighted by Crippen LogP contribution is -2.37. The van der Waals surface area contributed by atoms with E-state index in [0.29, 0.717) is 35.7 Å². The molecule has 1 unspecified atom stereocenters. The van der Waals surface area contributed by atoms with Crippen LogP contribution in [-0.4, -0.2) is 50.8 Å². The number of thioether (sulfide) groups is 1. The Labute approximate surface area is 201 Å². The number of aromatic nitrogens is 2. The zero-order valence-electron chi connectivity index (χ0n) is 19.6. The average Bonchev–Trinajstić information content (AvgIpc) is 2.77. The third-order valence-electron chi connectivity index (χ3n) is 5.32. The molecule has 0 aliphatic carbocycles. The molecule has 34 heavy (non-hydrogen) atoms. The predicted octanol–water partition coefficient (Wildman–Crippen LogP) is 4.55. The van der Waals surface area contributed by atoms with E-state index in [1.807, 2.05) is 19.9 Å². The van der Waals surface area contributed by atoms with Crippen LogP contribution in [0.15, 0.2) is 36.7 Å². The van der Waals surface area contributed by atoms with Crippen molar-refractivity contribution in [3.8, 4) is 0 Å². The molecule has 7 nitrogen and oxygen atoms in total. The summed E-state index contributed by atoms with van der Waals surface area (Å²) >= 11 is 1.37. The lowest BCUT2D eigenvalue weighted by Gasteiger charge is -2.29. The van der Waals surface area contributed by atoms with Crippen LogP contribution < -0.4 is 11.1 Å². The number of amides is 1. The van der Waals surface area contributed by atoms with E-state index < -0.39 is 17.5 Å². The van der Waals surface area contributed by atoms with Crippen molar-refractivity contribution >= 4 is 34.2 Å². The van der Waals surface area contributed by atoms with Gasteiger partial charge in [0.05, 0.1) is 5.60 Å². The van der Waals surface area contributed by atoms with Gasteiger partial charge in [0, 0.05) is 49.3 Å². The lowest BCUT2D eigenvalue weighted by molar-refractivity contribution is -0.141. The van der Waals surface area contributed by atoms with Gasteiger partial charge in [-0.1, -0.05) is 13.0 Å². The van der Waals surface area contributed by atoms with E-state index in [1.165, 1.54) is 24.9 Å². The maximum atomic E-state index is 13.0. The highest BCUT2D eigenvalue weighted by Crippen LogP contribution is 2.34. The first-order valence-electron chi connectivity index (χ1n) is 10.6. The average molecular weight is 498 g/mol. The van der Waals surface area contributed by atoms with Crippen LogP contribution in [0.2, 0.25) is 0 Å². The highest BCUT2D eigenvalue weighted by Gasteiger charge is 2.32. The van der Waals surface area contributed by atoms with E-state index in [4.69, 9.17) is 5.73 Å². The highest BCUT2D eigenvalue weighted by molar-refractivity contribution is 8.08. The van der Waals surface area contributed by atoms with Crippen LogP contribution in [0.3, 0.4) is 0 Å². The summed E-state index contributed by atoms with van der Waals surface area (Å²) in [6.45, 7) is 5.63. The predicted molar refractivity (Wildman–Crippen MR) is 129 cm³/mol. The minimum Gasteiger partial charge on any atom is -0.404 e. The number of aryl methyl sites for hydroxylation is 1. The highest BCUT2D eigenvalue weighted by atomic mass is 32.2. The Balaban J connectivity index is 2.17. The van der Waals surface area contributed by atoms with E-state index in [2.05, 4.69) is 15.3 Å². The molecular weight excluding hydrogens is 467 g/mol. The van der Waals surface area contributed by atoms with E-state index in [1.54, 1.807) is 24.1 Å². The molecule has 1 amide bonds. The van der Waals surface area contributed by atoms with Gasteiger partial charge < -0.3 is 21.1 Å². The summed E-state index contributed by atoms with van der Waals surface area (Å²) in [7, 11) is 1.69. The minimum atomic E-state index is -4.57. The number of rotatable bonds is 10. The lowest BCUT2D eigenvalue weighted by atomic mass is 9.99. The summed E-state index contributed by atoms with van der Waals surface area (Å²) in [4.78, 5) is 21.1.